The number of benzene rings is 3. The van der Waals surface area contributed by atoms with Crippen LogP contribution in [0.15, 0.2) is 78.9 Å². The molecule has 0 aromatic heterocycles. The lowest BCUT2D eigenvalue weighted by molar-refractivity contribution is -0.118. The Morgan fingerprint density at radius 1 is 0.848 bits per heavy atom. The summed E-state index contributed by atoms with van der Waals surface area (Å²) < 4.78 is 5.52. The van der Waals surface area contributed by atoms with Crippen LogP contribution < -0.4 is 20.3 Å². The molecule has 0 unspecified atom stereocenters. The second kappa shape index (κ2) is 11.2. The monoisotopic (exact) mass is 443 g/mol. The van der Waals surface area contributed by atoms with Crippen LogP contribution in [0.3, 0.4) is 0 Å². The van der Waals surface area contributed by atoms with Crippen LogP contribution in [0.5, 0.6) is 5.75 Å². The van der Waals surface area contributed by atoms with Crippen LogP contribution in [0.4, 0.5) is 11.4 Å². The van der Waals surface area contributed by atoms with Crippen molar-refractivity contribution in [2.45, 2.75) is 25.8 Å². The van der Waals surface area contributed by atoms with Gasteiger partial charge in [-0.05, 0) is 55.2 Å². The Bertz CT molecular complexity index is 1060. The van der Waals surface area contributed by atoms with Crippen molar-refractivity contribution in [3.8, 4) is 5.75 Å². The number of hydrogen-bond donors (Lipinski definition) is 2. The Kier molecular flexibility index (Phi) is 7.59. The first-order valence-electron chi connectivity index (χ1n) is 11.4. The van der Waals surface area contributed by atoms with E-state index in [9.17, 15) is 9.59 Å². The molecule has 3 aromatic rings. The Labute approximate surface area is 194 Å². The molecule has 4 rings (SSSR count). The van der Waals surface area contributed by atoms with Crippen molar-refractivity contribution in [1.29, 1.82) is 0 Å². The molecular weight excluding hydrogens is 414 g/mol. The molecule has 6 nitrogen and oxygen atoms in total. The molecule has 170 valence electrons. The van der Waals surface area contributed by atoms with E-state index in [1.54, 1.807) is 18.2 Å². The summed E-state index contributed by atoms with van der Waals surface area (Å²) in [6, 6.07) is 24.5. The van der Waals surface area contributed by atoms with Crippen molar-refractivity contribution in [1.82, 2.24) is 5.32 Å². The first-order chi connectivity index (χ1) is 16.2. The molecule has 6 heteroatoms. The van der Waals surface area contributed by atoms with E-state index in [4.69, 9.17) is 4.74 Å². The van der Waals surface area contributed by atoms with Crippen LogP contribution in [0, 0.1) is 0 Å². The minimum atomic E-state index is -0.278. The summed E-state index contributed by atoms with van der Waals surface area (Å²) in [5.41, 5.74) is 3.07. The smallest absolute Gasteiger partial charge is 0.262 e. The van der Waals surface area contributed by atoms with E-state index in [1.165, 1.54) is 6.42 Å². The third-order valence-corrected chi connectivity index (χ3v) is 5.63. The predicted octanol–water partition coefficient (Wildman–Crippen LogP) is 4.62. The van der Waals surface area contributed by atoms with Crippen LogP contribution in [-0.2, 0) is 11.3 Å². The minimum Gasteiger partial charge on any atom is -0.484 e. The van der Waals surface area contributed by atoms with E-state index in [2.05, 4.69) is 15.5 Å². The zero-order valence-electron chi connectivity index (χ0n) is 18.6. The standard InChI is InChI=1S/C27H29N3O3/c31-26(20-33-23-12-6-2-7-13-23)29-22-14-15-25(30-16-8-3-9-17-30)24(18-22)27(32)28-19-21-10-4-1-5-11-21/h1-2,4-7,10-15,18H,3,8-9,16-17,19-20H2,(H,28,32)(H,29,31). The molecule has 2 amide bonds. The average Bonchev–Trinajstić information content (AvgIpc) is 2.88. The van der Waals surface area contributed by atoms with Crippen LogP contribution in [-0.4, -0.2) is 31.5 Å². The number of nitrogens with zero attached hydrogens (tertiary/aromatic N) is 1. The van der Waals surface area contributed by atoms with Crippen molar-refractivity contribution in [2.75, 3.05) is 29.9 Å². The summed E-state index contributed by atoms with van der Waals surface area (Å²) in [7, 11) is 0. The molecule has 2 N–H and O–H groups in total. The fourth-order valence-electron chi connectivity index (χ4n) is 3.94. The Hall–Kier alpha value is -3.80. The van der Waals surface area contributed by atoms with Gasteiger partial charge in [0.25, 0.3) is 11.8 Å². The van der Waals surface area contributed by atoms with Crippen LogP contribution in [0.1, 0.15) is 35.2 Å². The molecule has 33 heavy (non-hydrogen) atoms. The summed E-state index contributed by atoms with van der Waals surface area (Å²) in [6.45, 7) is 2.19. The van der Waals surface area contributed by atoms with Gasteiger partial charge in [0.1, 0.15) is 5.75 Å². The molecule has 0 atom stereocenters. The number of hydrogen-bond acceptors (Lipinski definition) is 4. The maximum atomic E-state index is 13.2. The topological polar surface area (TPSA) is 70.7 Å². The van der Waals surface area contributed by atoms with Gasteiger partial charge in [-0.25, -0.2) is 0 Å². The molecule has 1 fully saturated rings. The first kappa shape index (κ1) is 22.4. The largest absolute Gasteiger partial charge is 0.484 e. The molecule has 0 radical (unpaired) electrons. The number of piperidine rings is 1. The molecule has 0 spiro atoms. The zero-order valence-corrected chi connectivity index (χ0v) is 18.6. The maximum absolute atomic E-state index is 13.2. The molecule has 1 aliphatic rings. The van der Waals surface area contributed by atoms with Gasteiger partial charge in [-0.3, -0.25) is 9.59 Å². The average molecular weight is 444 g/mol. The number of ether oxygens (including phenoxy) is 1. The predicted molar refractivity (Wildman–Crippen MR) is 131 cm³/mol. The summed E-state index contributed by atoms with van der Waals surface area (Å²) in [5, 5.41) is 5.87. The molecular formula is C27H29N3O3. The van der Waals surface area contributed by atoms with E-state index >= 15 is 0 Å². The molecule has 1 heterocycles. The fourth-order valence-corrected chi connectivity index (χ4v) is 3.94. The van der Waals surface area contributed by atoms with Crippen molar-refractivity contribution in [2.24, 2.45) is 0 Å². The van der Waals surface area contributed by atoms with E-state index in [1.807, 2.05) is 60.7 Å². The van der Waals surface area contributed by atoms with Gasteiger partial charge in [-0.1, -0.05) is 48.5 Å². The highest BCUT2D eigenvalue weighted by atomic mass is 16.5. The second-order valence-electron chi connectivity index (χ2n) is 8.10. The van der Waals surface area contributed by atoms with Gasteiger partial charge in [-0.15, -0.1) is 0 Å². The van der Waals surface area contributed by atoms with E-state index < -0.39 is 0 Å². The van der Waals surface area contributed by atoms with Crippen LogP contribution in [0.25, 0.3) is 0 Å². The van der Waals surface area contributed by atoms with Crippen LogP contribution >= 0.6 is 0 Å². The number of rotatable bonds is 8. The van der Waals surface area contributed by atoms with Gasteiger partial charge >= 0.3 is 0 Å². The van der Waals surface area contributed by atoms with Crippen molar-refractivity contribution >= 4 is 23.2 Å². The summed E-state index contributed by atoms with van der Waals surface area (Å²) in [5.74, 6) is 0.199. The van der Waals surface area contributed by atoms with Crippen LogP contribution in [0.2, 0.25) is 0 Å². The van der Waals surface area contributed by atoms with Gasteiger partial charge in [0.2, 0.25) is 0 Å². The normalized spacial score (nSPS) is 13.3. The highest BCUT2D eigenvalue weighted by molar-refractivity contribution is 6.02. The van der Waals surface area contributed by atoms with Gasteiger partial charge in [-0.2, -0.15) is 0 Å². The number of anilines is 2. The van der Waals surface area contributed by atoms with E-state index in [0.717, 1.165) is 37.2 Å². The van der Waals surface area contributed by atoms with Crippen molar-refractivity contribution < 1.29 is 14.3 Å². The number of amides is 2. The lowest BCUT2D eigenvalue weighted by Gasteiger charge is -2.30. The Morgan fingerprint density at radius 2 is 1.55 bits per heavy atom. The highest BCUT2D eigenvalue weighted by Crippen LogP contribution is 2.27. The summed E-state index contributed by atoms with van der Waals surface area (Å²) >= 11 is 0. The van der Waals surface area contributed by atoms with E-state index in [0.29, 0.717) is 23.5 Å². The third kappa shape index (κ3) is 6.35. The summed E-state index contributed by atoms with van der Waals surface area (Å²) in [6.07, 6.45) is 3.43. The summed E-state index contributed by atoms with van der Waals surface area (Å²) in [4.78, 5) is 27.8. The maximum Gasteiger partial charge on any atom is 0.262 e. The van der Waals surface area contributed by atoms with Gasteiger partial charge in [0.05, 0.1) is 5.56 Å². The number of nitrogens with one attached hydrogen (secondary N) is 2. The molecule has 0 saturated carbocycles. The van der Waals surface area contributed by atoms with Gasteiger partial charge in [0.15, 0.2) is 6.61 Å². The first-order valence-corrected chi connectivity index (χ1v) is 11.4. The Balaban J connectivity index is 1.47. The lowest BCUT2D eigenvalue weighted by Crippen LogP contribution is -2.33. The van der Waals surface area contributed by atoms with Crippen molar-refractivity contribution in [3.05, 3.63) is 90.0 Å². The van der Waals surface area contributed by atoms with Gasteiger partial charge < -0.3 is 20.3 Å². The SMILES string of the molecule is O=C(COc1ccccc1)Nc1ccc(N2CCCCC2)c(C(=O)NCc2ccccc2)c1. The van der Waals surface area contributed by atoms with Gasteiger partial charge in [0, 0.05) is 31.0 Å². The Morgan fingerprint density at radius 3 is 2.27 bits per heavy atom. The molecule has 0 bridgehead atoms. The second-order valence-corrected chi connectivity index (χ2v) is 8.10. The van der Waals surface area contributed by atoms with Crippen molar-refractivity contribution in [3.63, 3.8) is 0 Å². The quantitative estimate of drug-likeness (QED) is 0.533. The molecule has 3 aromatic carbocycles. The van der Waals surface area contributed by atoms with E-state index in [-0.39, 0.29) is 18.4 Å². The highest BCUT2D eigenvalue weighted by Gasteiger charge is 2.20. The molecule has 1 aliphatic heterocycles. The number of para-hydroxylation sites is 1. The fraction of sp³-hybridized carbons (Fsp3) is 0.259. The minimum absolute atomic E-state index is 0.104. The molecule has 1 saturated heterocycles. The zero-order chi connectivity index (χ0) is 22.9. The third-order valence-electron chi connectivity index (χ3n) is 5.63. The number of carbonyl (C=O) groups is 2. The lowest BCUT2D eigenvalue weighted by atomic mass is 10.1. The number of carbonyl (C=O) groups excluding carboxylic acids is 2. The molecule has 0 aliphatic carbocycles.